The molecule has 0 saturated heterocycles. The van der Waals surface area contributed by atoms with E-state index in [1.54, 1.807) is 0 Å². The van der Waals surface area contributed by atoms with E-state index in [4.69, 9.17) is 5.84 Å². The van der Waals surface area contributed by atoms with Gasteiger partial charge in [0.1, 0.15) is 0 Å². The third-order valence-corrected chi connectivity index (χ3v) is 2.67. The molecule has 0 rings (SSSR count). The van der Waals surface area contributed by atoms with E-state index in [-0.39, 0.29) is 12.4 Å². The van der Waals surface area contributed by atoms with E-state index in [2.05, 4.69) is 12.3 Å². The van der Waals surface area contributed by atoms with E-state index in [1.165, 1.54) is 64.2 Å². The predicted octanol–water partition coefficient (Wildman–Crippen LogP) is 3.79. The largest absolute Gasteiger partial charge is 0.271 e. The number of halogens is 1. The van der Waals surface area contributed by atoms with Gasteiger partial charge in [-0.2, -0.15) is 0 Å². The molecule has 3 N–H and O–H groups in total. The highest BCUT2D eigenvalue weighted by atomic mass is 35.5. The second kappa shape index (κ2) is 16.6. The van der Waals surface area contributed by atoms with Crippen molar-refractivity contribution in [1.82, 2.24) is 5.43 Å². The van der Waals surface area contributed by atoms with Gasteiger partial charge in [-0.05, 0) is 6.42 Å². The molecule has 0 atom stereocenters. The zero-order valence-corrected chi connectivity index (χ0v) is 11.1. The zero-order valence-electron chi connectivity index (χ0n) is 10.3. The van der Waals surface area contributed by atoms with E-state index in [0.717, 1.165) is 6.54 Å². The third kappa shape index (κ3) is 16.9. The Kier molecular flexibility index (Phi) is 19.5. The Labute approximate surface area is 102 Å². The van der Waals surface area contributed by atoms with Crippen LogP contribution >= 0.6 is 12.4 Å². The maximum atomic E-state index is 5.19. The Morgan fingerprint density at radius 3 is 1.53 bits per heavy atom. The molecule has 0 radical (unpaired) electrons. The smallest absolute Gasteiger partial charge is 0.00974 e. The average molecular weight is 237 g/mol. The average Bonchev–Trinajstić information content (AvgIpc) is 2.21. The van der Waals surface area contributed by atoms with Crippen LogP contribution in [0.3, 0.4) is 0 Å². The summed E-state index contributed by atoms with van der Waals surface area (Å²) in [5, 5.41) is 0. The molecule has 15 heavy (non-hydrogen) atoms. The molecule has 0 amide bonds. The molecule has 0 aliphatic carbocycles. The second-order valence-electron chi connectivity index (χ2n) is 4.14. The summed E-state index contributed by atoms with van der Waals surface area (Å²) < 4.78 is 0. The molecule has 0 spiro atoms. The lowest BCUT2D eigenvalue weighted by Crippen LogP contribution is -2.22. The Hall–Kier alpha value is 0.210. The Balaban J connectivity index is 0. The Bertz CT molecular complexity index is 87.6. The second-order valence-corrected chi connectivity index (χ2v) is 4.14. The molecule has 0 aromatic carbocycles. The third-order valence-electron chi connectivity index (χ3n) is 2.67. The van der Waals surface area contributed by atoms with Crippen LogP contribution in [-0.4, -0.2) is 6.54 Å². The first-order valence-electron chi connectivity index (χ1n) is 6.35. The molecule has 0 unspecified atom stereocenters. The first kappa shape index (κ1) is 17.6. The van der Waals surface area contributed by atoms with Gasteiger partial charge in [-0.1, -0.05) is 64.7 Å². The highest BCUT2D eigenvalue weighted by molar-refractivity contribution is 5.85. The van der Waals surface area contributed by atoms with Crippen molar-refractivity contribution < 1.29 is 0 Å². The number of unbranched alkanes of at least 4 members (excludes halogenated alkanes) is 9. The molecule has 94 valence electrons. The summed E-state index contributed by atoms with van der Waals surface area (Å²) in [6, 6.07) is 0. The lowest BCUT2D eigenvalue weighted by Gasteiger charge is -2.01. The van der Waals surface area contributed by atoms with E-state index in [1.807, 2.05) is 0 Å². The minimum absolute atomic E-state index is 0. The monoisotopic (exact) mass is 236 g/mol. The van der Waals surface area contributed by atoms with Crippen LogP contribution in [0.15, 0.2) is 0 Å². The molecule has 0 aromatic heterocycles. The summed E-state index contributed by atoms with van der Waals surface area (Å²) in [4.78, 5) is 0. The number of hydrogen-bond donors (Lipinski definition) is 2. The van der Waals surface area contributed by atoms with Gasteiger partial charge in [0, 0.05) is 6.54 Å². The SMILES string of the molecule is CCCCCCCCCCCCNN.Cl. The van der Waals surface area contributed by atoms with Crippen molar-refractivity contribution in [2.45, 2.75) is 71.1 Å². The van der Waals surface area contributed by atoms with Crippen molar-refractivity contribution in [3.05, 3.63) is 0 Å². The van der Waals surface area contributed by atoms with Gasteiger partial charge in [0.05, 0.1) is 0 Å². The van der Waals surface area contributed by atoms with E-state index in [0.29, 0.717) is 0 Å². The van der Waals surface area contributed by atoms with Gasteiger partial charge >= 0.3 is 0 Å². The van der Waals surface area contributed by atoms with Crippen molar-refractivity contribution in [2.75, 3.05) is 6.54 Å². The summed E-state index contributed by atoms with van der Waals surface area (Å²) in [6.45, 7) is 3.24. The molecule has 2 nitrogen and oxygen atoms in total. The van der Waals surface area contributed by atoms with Crippen molar-refractivity contribution >= 4 is 12.4 Å². The molecular weight excluding hydrogens is 208 g/mol. The van der Waals surface area contributed by atoms with Crippen LogP contribution in [0.1, 0.15) is 71.1 Å². The molecule has 0 aliphatic heterocycles. The summed E-state index contributed by atoms with van der Waals surface area (Å²) in [5.41, 5.74) is 2.69. The van der Waals surface area contributed by atoms with E-state index in [9.17, 15) is 0 Å². The van der Waals surface area contributed by atoms with Crippen LogP contribution in [0.4, 0.5) is 0 Å². The Morgan fingerprint density at radius 1 is 0.733 bits per heavy atom. The van der Waals surface area contributed by atoms with Crippen LogP contribution in [0.5, 0.6) is 0 Å². The van der Waals surface area contributed by atoms with Gasteiger partial charge < -0.3 is 0 Å². The van der Waals surface area contributed by atoms with Gasteiger partial charge in [0.2, 0.25) is 0 Å². The fourth-order valence-corrected chi connectivity index (χ4v) is 1.71. The fourth-order valence-electron chi connectivity index (χ4n) is 1.71. The van der Waals surface area contributed by atoms with Gasteiger partial charge in [0.15, 0.2) is 0 Å². The molecule has 0 bridgehead atoms. The number of nitrogens with two attached hydrogens (primary N) is 1. The van der Waals surface area contributed by atoms with Crippen LogP contribution in [0.25, 0.3) is 0 Å². The highest BCUT2D eigenvalue weighted by Gasteiger charge is 1.91. The van der Waals surface area contributed by atoms with Gasteiger partial charge in [-0.3, -0.25) is 11.3 Å². The number of hydrazine groups is 1. The lowest BCUT2D eigenvalue weighted by atomic mass is 10.1. The maximum Gasteiger partial charge on any atom is 0.00974 e. The number of nitrogens with one attached hydrogen (secondary N) is 1. The van der Waals surface area contributed by atoms with Crippen molar-refractivity contribution in [3.8, 4) is 0 Å². The molecule has 3 heteroatoms. The summed E-state index contributed by atoms with van der Waals surface area (Å²) in [7, 11) is 0. The first-order chi connectivity index (χ1) is 6.91. The van der Waals surface area contributed by atoms with Gasteiger partial charge in [-0.25, -0.2) is 0 Å². The summed E-state index contributed by atoms with van der Waals surface area (Å²) in [6.07, 6.45) is 13.9. The van der Waals surface area contributed by atoms with Gasteiger partial charge in [-0.15, -0.1) is 12.4 Å². The molecule has 0 saturated carbocycles. The maximum absolute atomic E-state index is 5.19. The van der Waals surface area contributed by atoms with E-state index >= 15 is 0 Å². The van der Waals surface area contributed by atoms with Crippen molar-refractivity contribution in [2.24, 2.45) is 5.84 Å². The quantitative estimate of drug-likeness (QED) is 0.325. The number of rotatable bonds is 11. The van der Waals surface area contributed by atoms with Crippen LogP contribution in [0, 0.1) is 0 Å². The summed E-state index contributed by atoms with van der Waals surface area (Å²) >= 11 is 0. The molecule has 0 aliphatic rings. The van der Waals surface area contributed by atoms with Crippen molar-refractivity contribution in [3.63, 3.8) is 0 Å². The Morgan fingerprint density at radius 2 is 1.13 bits per heavy atom. The minimum atomic E-state index is 0. The van der Waals surface area contributed by atoms with E-state index < -0.39 is 0 Å². The van der Waals surface area contributed by atoms with Crippen LogP contribution in [0.2, 0.25) is 0 Å². The lowest BCUT2D eigenvalue weighted by molar-refractivity contribution is 0.547. The predicted molar refractivity (Wildman–Crippen MR) is 71.3 cm³/mol. The molecule has 0 fully saturated rings. The number of hydrogen-bond acceptors (Lipinski definition) is 2. The highest BCUT2D eigenvalue weighted by Crippen LogP contribution is 2.09. The zero-order chi connectivity index (χ0) is 10.5. The normalized spacial score (nSPS) is 10.0. The van der Waals surface area contributed by atoms with Crippen molar-refractivity contribution in [1.29, 1.82) is 0 Å². The molecular formula is C12H29ClN2. The molecule has 0 aromatic rings. The standard InChI is InChI=1S/C12H28N2.ClH/c1-2-3-4-5-6-7-8-9-10-11-12-14-13;/h14H,2-13H2,1H3;1H. The minimum Gasteiger partial charge on any atom is -0.271 e. The van der Waals surface area contributed by atoms with Crippen LogP contribution < -0.4 is 11.3 Å². The van der Waals surface area contributed by atoms with Gasteiger partial charge in [0.25, 0.3) is 0 Å². The first-order valence-corrected chi connectivity index (χ1v) is 6.35. The topological polar surface area (TPSA) is 38.0 Å². The fraction of sp³-hybridized carbons (Fsp3) is 1.00. The van der Waals surface area contributed by atoms with Crippen LogP contribution in [-0.2, 0) is 0 Å². The summed E-state index contributed by atoms with van der Waals surface area (Å²) in [5.74, 6) is 5.19. The molecule has 0 heterocycles.